The average molecular weight is 601 g/mol. The molecule has 218 valence electrons. The number of halogens is 1. The van der Waals surface area contributed by atoms with Crippen LogP contribution in [0.25, 0.3) is 11.2 Å². The van der Waals surface area contributed by atoms with Crippen LogP contribution in [0.15, 0.2) is 60.9 Å². The number of fused-ring (bicyclic) bond motifs is 1. The maximum absolute atomic E-state index is 11.2. The molecule has 2 aromatic heterocycles. The van der Waals surface area contributed by atoms with Gasteiger partial charge in [0.2, 0.25) is 5.28 Å². The Labute approximate surface area is 244 Å². The molecule has 0 spiro atoms. The van der Waals surface area contributed by atoms with E-state index in [-0.39, 0.29) is 42.8 Å². The van der Waals surface area contributed by atoms with Crippen molar-refractivity contribution in [3.05, 3.63) is 71.8 Å². The van der Waals surface area contributed by atoms with Crippen molar-refractivity contribution < 1.29 is 24.8 Å². The number of benzene rings is 2. The number of nitrogens with two attached hydrogens (primary N) is 1. The monoisotopic (exact) mass is 600 g/mol. The van der Waals surface area contributed by atoms with E-state index in [0.29, 0.717) is 13.2 Å². The van der Waals surface area contributed by atoms with Crippen LogP contribution in [0.1, 0.15) is 25.6 Å². The number of ether oxygens (including phenoxy) is 2. The predicted molar refractivity (Wildman–Crippen MR) is 159 cm³/mol. The van der Waals surface area contributed by atoms with Crippen LogP contribution < -0.4 is 16.4 Å². The molecule has 7 atom stereocenters. The molecule has 41 heavy (non-hydrogen) atoms. The average Bonchev–Trinajstić information content (AvgIpc) is 3.45. The highest BCUT2D eigenvalue weighted by atomic mass is 35.5. The van der Waals surface area contributed by atoms with Gasteiger partial charge in [-0.1, -0.05) is 71.0 Å². The van der Waals surface area contributed by atoms with Gasteiger partial charge >= 0.3 is 0 Å². The maximum Gasteiger partial charge on any atom is 0.207 e. The number of imidazole rings is 1. The number of rotatable bonds is 11. The van der Waals surface area contributed by atoms with E-state index >= 15 is 0 Å². The van der Waals surface area contributed by atoms with Crippen LogP contribution in [0.5, 0.6) is 0 Å². The minimum Gasteiger partial charge on any atom is -0.387 e. The Morgan fingerprint density at radius 2 is 1.83 bits per heavy atom. The van der Waals surface area contributed by atoms with Gasteiger partial charge in [0, 0.05) is 5.69 Å². The van der Waals surface area contributed by atoms with Crippen LogP contribution in [0.2, 0.25) is 5.28 Å². The Morgan fingerprint density at radius 1 is 1.10 bits per heavy atom. The van der Waals surface area contributed by atoms with Crippen LogP contribution in [0.3, 0.4) is 0 Å². The SMILES string of the molecule is CC(C)[C@@H](COCc1ccccc1)Nc1ccccc1PC(O)[C@H]1O[C@@H](n2c(Cl)nc3c(N)ncnc32)[C@H](O)[C@@H]1O. The van der Waals surface area contributed by atoms with Crippen molar-refractivity contribution in [1.29, 1.82) is 0 Å². The molecule has 5 rings (SSSR count). The first-order chi connectivity index (χ1) is 19.7. The molecular weight excluding hydrogens is 567 g/mol. The maximum atomic E-state index is 11.2. The minimum absolute atomic E-state index is 0.0208. The number of hydrogen-bond donors (Lipinski definition) is 5. The molecule has 2 unspecified atom stereocenters. The van der Waals surface area contributed by atoms with Crippen molar-refractivity contribution in [2.24, 2.45) is 5.92 Å². The summed E-state index contributed by atoms with van der Waals surface area (Å²) in [6.07, 6.45) is -3.76. The van der Waals surface area contributed by atoms with Gasteiger partial charge < -0.3 is 35.8 Å². The second kappa shape index (κ2) is 13.0. The summed E-state index contributed by atoms with van der Waals surface area (Å²) in [6.45, 7) is 5.26. The smallest absolute Gasteiger partial charge is 0.207 e. The molecule has 0 aliphatic carbocycles. The van der Waals surface area contributed by atoms with Crippen LogP contribution in [-0.2, 0) is 16.1 Å². The highest BCUT2D eigenvalue weighted by Crippen LogP contribution is 2.39. The fraction of sp³-hybridized carbons (Fsp3) is 0.393. The van der Waals surface area contributed by atoms with Gasteiger partial charge in [-0.2, -0.15) is 0 Å². The van der Waals surface area contributed by atoms with Gasteiger partial charge in [-0.25, -0.2) is 15.0 Å². The predicted octanol–water partition coefficient (Wildman–Crippen LogP) is 2.66. The fourth-order valence-electron chi connectivity index (χ4n) is 4.74. The number of nitrogens with zero attached hydrogens (tertiary/aromatic N) is 4. The van der Waals surface area contributed by atoms with Gasteiger partial charge in [0.05, 0.1) is 19.3 Å². The first kappa shape index (κ1) is 29.6. The summed E-state index contributed by atoms with van der Waals surface area (Å²) in [7, 11) is -0.156. The third kappa shape index (κ3) is 6.47. The molecule has 4 aromatic rings. The van der Waals surface area contributed by atoms with Gasteiger partial charge in [-0.15, -0.1) is 0 Å². The molecule has 0 radical (unpaired) electrons. The number of anilines is 2. The molecule has 0 saturated carbocycles. The second-order valence-corrected chi connectivity index (χ2v) is 12.0. The normalized spacial score (nSPS) is 22.6. The van der Waals surface area contributed by atoms with Gasteiger partial charge in [-0.05, 0) is 34.5 Å². The summed E-state index contributed by atoms with van der Waals surface area (Å²) in [5.74, 6) is -0.723. The Morgan fingerprint density at radius 3 is 2.59 bits per heavy atom. The standard InChI is InChI=1S/C28H34ClN6O5P/c1-15(2)18(13-39-12-16-8-4-3-5-9-16)33-17-10-6-7-11-19(17)41-27(38)23-21(36)22(37)26(40-23)35-25-20(34-28(35)29)24(30)31-14-32-25/h3-11,14-15,18,21-23,26-27,33,36-38,41H,12-13H2,1-2H3,(H2,30,31,32)/t18-,21+,22-,23+,26-,27?/m1/s1. The number of nitrogen functional groups attached to an aromatic ring is 1. The molecule has 13 heteroatoms. The van der Waals surface area contributed by atoms with Crippen molar-refractivity contribution in [3.63, 3.8) is 0 Å². The molecule has 6 N–H and O–H groups in total. The topological polar surface area (TPSA) is 161 Å². The van der Waals surface area contributed by atoms with E-state index in [1.807, 2.05) is 54.6 Å². The Bertz CT molecular complexity index is 1460. The third-order valence-corrected chi connectivity index (χ3v) is 8.73. The molecule has 1 aliphatic rings. The van der Waals surface area contributed by atoms with Gasteiger partial charge in [0.25, 0.3) is 0 Å². The molecular formula is C28H34ClN6O5P. The number of aliphatic hydroxyl groups is 3. The van der Waals surface area contributed by atoms with E-state index in [1.165, 1.54) is 10.9 Å². The third-order valence-electron chi connectivity index (χ3n) is 7.09. The highest BCUT2D eigenvalue weighted by molar-refractivity contribution is 7.48. The molecule has 0 amide bonds. The molecule has 1 aliphatic heterocycles. The molecule has 11 nitrogen and oxygen atoms in total. The van der Waals surface area contributed by atoms with E-state index in [9.17, 15) is 15.3 Å². The number of para-hydroxylation sites is 1. The van der Waals surface area contributed by atoms with Crippen LogP contribution in [0, 0.1) is 5.92 Å². The Balaban J connectivity index is 1.28. The zero-order chi connectivity index (χ0) is 29.1. The zero-order valence-electron chi connectivity index (χ0n) is 22.6. The van der Waals surface area contributed by atoms with Gasteiger partial charge in [0.15, 0.2) is 23.2 Å². The molecule has 3 heterocycles. The van der Waals surface area contributed by atoms with E-state index in [2.05, 4.69) is 34.1 Å². The van der Waals surface area contributed by atoms with E-state index in [0.717, 1.165) is 16.6 Å². The van der Waals surface area contributed by atoms with Crippen LogP contribution >= 0.6 is 20.2 Å². The fourth-order valence-corrected chi connectivity index (χ4v) is 6.26. The highest BCUT2D eigenvalue weighted by Gasteiger charge is 2.48. The number of hydrogen-bond acceptors (Lipinski definition) is 10. The lowest BCUT2D eigenvalue weighted by molar-refractivity contribution is -0.0599. The molecule has 1 saturated heterocycles. The van der Waals surface area contributed by atoms with E-state index < -0.39 is 30.4 Å². The molecule has 1 fully saturated rings. The van der Waals surface area contributed by atoms with Crippen LogP contribution in [-0.4, -0.2) is 71.6 Å². The lowest BCUT2D eigenvalue weighted by Gasteiger charge is -2.26. The molecule has 0 bridgehead atoms. The Hall–Kier alpha value is -2.89. The molecule has 2 aromatic carbocycles. The minimum atomic E-state index is -1.40. The summed E-state index contributed by atoms with van der Waals surface area (Å²) in [5, 5.41) is 37.4. The largest absolute Gasteiger partial charge is 0.387 e. The second-order valence-electron chi connectivity index (χ2n) is 10.3. The van der Waals surface area contributed by atoms with Gasteiger partial charge in [0.1, 0.15) is 30.5 Å². The van der Waals surface area contributed by atoms with Gasteiger partial charge in [-0.3, -0.25) is 4.57 Å². The summed E-state index contributed by atoms with van der Waals surface area (Å²) in [5.41, 5.74) is 8.35. The Kier molecular flexibility index (Phi) is 9.35. The van der Waals surface area contributed by atoms with Crippen molar-refractivity contribution in [3.8, 4) is 0 Å². The van der Waals surface area contributed by atoms with Crippen molar-refractivity contribution >= 4 is 48.2 Å². The van der Waals surface area contributed by atoms with E-state index in [1.54, 1.807) is 0 Å². The van der Waals surface area contributed by atoms with Crippen molar-refractivity contribution in [2.45, 2.75) is 56.9 Å². The number of aliphatic hydroxyl groups excluding tert-OH is 3. The number of nitrogens with one attached hydrogen (secondary N) is 1. The van der Waals surface area contributed by atoms with Crippen molar-refractivity contribution in [1.82, 2.24) is 19.5 Å². The summed E-state index contributed by atoms with van der Waals surface area (Å²) >= 11 is 6.33. The van der Waals surface area contributed by atoms with Crippen LogP contribution in [0.4, 0.5) is 11.5 Å². The number of aromatic nitrogens is 4. The lowest BCUT2D eigenvalue weighted by Crippen LogP contribution is -2.38. The lowest BCUT2D eigenvalue weighted by atomic mass is 10.0. The first-order valence-electron chi connectivity index (χ1n) is 13.3. The summed E-state index contributed by atoms with van der Waals surface area (Å²) < 4.78 is 13.4. The quantitative estimate of drug-likeness (QED) is 0.128. The van der Waals surface area contributed by atoms with Crippen molar-refractivity contribution in [2.75, 3.05) is 17.7 Å². The first-order valence-corrected chi connectivity index (χ1v) is 14.8. The summed E-state index contributed by atoms with van der Waals surface area (Å²) in [4.78, 5) is 12.3. The zero-order valence-corrected chi connectivity index (χ0v) is 24.4. The summed E-state index contributed by atoms with van der Waals surface area (Å²) in [6, 6.07) is 17.7. The van der Waals surface area contributed by atoms with E-state index in [4.69, 9.17) is 26.8 Å².